The van der Waals surface area contributed by atoms with Gasteiger partial charge in [0, 0.05) is 0 Å². The second-order valence-corrected chi connectivity index (χ2v) is 3.42. The SMILES string of the molecule is CC(C)[C@@H](NC(=O)CC(F)(F)F)C(=O)O. The third-order valence-corrected chi connectivity index (χ3v) is 1.61. The van der Waals surface area contributed by atoms with Gasteiger partial charge in [0.2, 0.25) is 5.91 Å². The molecular weight excluding hydrogens is 215 g/mol. The zero-order valence-electron chi connectivity index (χ0n) is 8.26. The summed E-state index contributed by atoms with van der Waals surface area (Å²) in [6, 6.07) is -1.29. The molecule has 2 N–H and O–H groups in total. The lowest BCUT2D eigenvalue weighted by atomic mass is 10.0. The molecule has 15 heavy (non-hydrogen) atoms. The minimum Gasteiger partial charge on any atom is -0.480 e. The quantitative estimate of drug-likeness (QED) is 0.757. The van der Waals surface area contributed by atoms with Crippen LogP contribution in [0.5, 0.6) is 0 Å². The van der Waals surface area contributed by atoms with Gasteiger partial charge in [-0.05, 0) is 5.92 Å². The lowest BCUT2D eigenvalue weighted by Gasteiger charge is -2.18. The van der Waals surface area contributed by atoms with Crippen molar-refractivity contribution in [2.75, 3.05) is 0 Å². The molecule has 7 heteroatoms. The van der Waals surface area contributed by atoms with Crippen molar-refractivity contribution in [3.8, 4) is 0 Å². The molecule has 0 aliphatic carbocycles. The fourth-order valence-electron chi connectivity index (χ4n) is 0.920. The number of halogens is 3. The molecule has 0 rings (SSSR count). The Morgan fingerprint density at radius 2 is 1.80 bits per heavy atom. The van der Waals surface area contributed by atoms with Gasteiger partial charge in [0.25, 0.3) is 0 Å². The minimum atomic E-state index is -4.62. The molecule has 0 spiro atoms. The van der Waals surface area contributed by atoms with Crippen molar-refractivity contribution in [2.45, 2.75) is 32.5 Å². The second-order valence-electron chi connectivity index (χ2n) is 3.42. The lowest BCUT2D eigenvalue weighted by Crippen LogP contribution is -2.45. The standard InChI is InChI=1S/C8H12F3NO3/c1-4(2)6(7(14)15)12-5(13)3-8(9,10)11/h4,6H,3H2,1-2H3,(H,12,13)(H,14,15)/t6-/m1/s1. The smallest absolute Gasteiger partial charge is 0.397 e. The van der Waals surface area contributed by atoms with E-state index in [-0.39, 0.29) is 0 Å². The Morgan fingerprint density at radius 3 is 2.07 bits per heavy atom. The van der Waals surface area contributed by atoms with Crippen LogP contribution in [0.3, 0.4) is 0 Å². The van der Waals surface area contributed by atoms with E-state index in [4.69, 9.17) is 5.11 Å². The summed E-state index contributed by atoms with van der Waals surface area (Å²) in [5.74, 6) is -3.15. The Kier molecular flexibility index (Phi) is 4.57. The van der Waals surface area contributed by atoms with Crippen molar-refractivity contribution in [3.63, 3.8) is 0 Å². The molecule has 88 valence electrons. The third kappa shape index (κ3) is 5.92. The number of aliphatic carboxylic acids is 1. The first-order valence-corrected chi connectivity index (χ1v) is 4.22. The predicted octanol–water partition coefficient (Wildman–Crippen LogP) is 1.16. The summed E-state index contributed by atoms with van der Waals surface area (Å²) in [6.45, 7) is 2.99. The molecule has 0 saturated carbocycles. The minimum absolute atomic E-state index is 0.473. The number of carbonyl (C=O) groups excluding carboxylic acids is 1. The molecule has 0 aromatic heterocycles. The number of carboxylic acids is 1. The van der Waals surface area contributed by atoms with Gasteiger partial charge >= 0.3 is 12.1 Å². The summed E-state index contributed by atoms with van der Waals surface area (Å²) in [6.07, 6.45) is -6.28. The van der Waals surface area contributed by atoms with Crippen molar-refractivity contribution >= 4 is 11.9 Å². The molecule has 0 heterocycles. The summed E-state index contributed by atoms with van der Waals surface area (Å²) >= 11 is 0. The number of hydrogen-bond donors (Lipinski definition) is 2. The van der Waals surface area contributed by atoms with E-state index in [0.29, 0.717) is 0 Å². The second kappa shape index (κ2) is 4.99. The molecule has 0 aliphatic heterocycles. The number of nitrogens with one attached hydrogen (secondary N) is 1. The maximum Gasteiger partial charge on any atom is 0.397 e. The Bertz CT molecular complexity index is 250. The van der Waals surface area contributed by atoms with Gasteiger partial charge in [-0.2, -0.15) is 13.2 Å². The molecule has 0 saturated heterocycles. The van der Waals surface area contributed by atoms with Gasteiger partial charge in [-0.15, -0.1) is 0 Å². The van der Waals surface area contributed by atoms with Gasteiger partial charge < -0.3 is 10.4 Å². The summed E-state index contributed by atoms with van der Waals surface area (Å²) in [7, 11) is 0. The first-order chi connectivity index (χ1) is 6.63. The third-order valence-electron chi connectivity index (χ3n) is 1.61. The van der Waals surface area contributed by atoms with Crippen LogP contribution in [0.1, 0.15) is 20.3 Å². The number of alkyl halides is 3. The molecule has 0 aromatic carbocycles. The van der Waals surface area contributed by atoms with Crippen LogP contribution in [0.4, 0.5) is 13.2 Å². The number of amides is 1. The highest BCUT2D eigenvalue weighted by atomic mass is 19.4. The van der Waals surface area contributed by atoms with Crippen LogP contribution in [-0.4, -0.2) is 29.2 Å². The van der Waals surface area contributed by atoms with E-state index >= 15 is 0 Å². The molecule has 0 aromatic rings. The van der Waals surface area contributed by atoms with Gasteiger partial charge in [0.05, 0.1) is 0 Å². The molecule has 0 bridgehead atoms. The van der Waals surface area contributed by atoms with Crippen molar-refractivity contribution in [1.29, 1.82) is 0 Å². The topological polar surface area (TPSA) is 66.4 Å². The van der Waals surface area contributed by atoms with Crippen molar-refractivity contribution < 1.29 is 27.9 Å². The van der Waals surface area contributed by atoms with Crippen LogP contribution < -0.4 is 5.32 Å². The zero-order chi connectivity index (χ0) is 12.2. The summed E-state index contributed by atoms with van der Waals surface area (Å²) in [4.78, 5) is 21.3. The summed E-state index contributed by atoms with van der Waals surface area (Å²) < 4.78 is 35.3. The first kappa shape index (κ1) is 13.7. The molecular formula is C8H12F3NO3. The first-order valence-electron chi connectivity index (χ1n) is 4.22. The Balaban J connectivity index is 4.31. The van der Waals surface area contributed by atoms with E-state index in [1.165, 1.54) is 13.8 Å². The van der Waals surface area contributed by atoms with Gasteiger partial charge in [0.15, 0.2) is 0 Å². The van der Waals surface area contributed by atoms with Crippen LogP contribution in [0.2, 0.25) is 0 Å². The van der Waals surface area contributed by atoms with E-state index in [2.05, 4.69) is 0 Å². The normalized spacial score (nSPS) is 13.7. The fourth-order valence-corrected chi connectivity index (χ4v) is 0.920. The van der Waals surface area contributed by atoms with E-state index in [1.54, 1.807) is 0 Å². The Morgan fingerprint density at radius 1 is 1.33 bits per heavy atom. The molecule has 1 atom stereocenters. The van der Waals surface area contributed by atoms with Crippen molar-refractivity contribution in [3.05, 3.63) is 0 Å². The van der Waals surface area contributed by atoms with E-state index in [1.807, 2.05) is 5.32 Å². The lowest BCUT2D eigenvalue weighted by molar-refractivity contribution is -0.157. The number of rotatable bonds is 4. The van der Waals surface area contributed by atoms with Crippen LogP contribution in [0.15, 0.2) is 0 Å². The Labute approximate surface area is 84.5 Å². The van der Waals surface area contributed by atoms with Crippen LogP contribution >= 0.6 is 0 Å². The molecule has 0 radical (unpaired) electrons. The molecule has 0 aliphatic rings. The molecule has 1 amide bonds. The number of hydrogen-bond acceptors (Lipinski definition) is 2. The van der Waals surface area contributed by atoms with Crippen molar-refractivity contribution in [2.24, 2.45) is 5.92 Å². The number of carboxylic acid groups (broad SMARTS) is 1. The monoisotopic (exact) mass is 227 g/mol. The van der Waals surface area contributed by atoms with Gasteiger partial charge in [0.1, 0.15) is 12.5 Å². The average molecular weight is 227 g/mol. The summed E-state index contributed by atoms with van der Waals surface area (Å²) in [5.41, 5.74) is 0. The van der Waals surface area contributed by atoms with E-state index in [0.717, 1.165) is 0 Å². The highest BCUT2D eigenvalue weighted by molar-refractivity contribution is 5.83. The van der Waals surface area contributed by atoms with Crippen LogP contribution in [0, 0.1) is 5.92 Å². The van der Waals surface area contributed by atoms with Gasteiger partial charge in [-0.3, -0.25) is 4.79 Å². The van der Waals surface area contributed by atoms with Gasteiger partial charge in [-0.25, -0.2) is 4.79 Å². The number of carbonyl (C=O) groups is 2. The summed E-state index contributed by atoms with van der Waals surface area (Å²) in [5, 5.41) is 10.4. The van der Waals surface area contributed by atoms with Crippen LogP contribution in [-0.2, 0) is 9.59 Å². The maximum atomic E-state index is 11.8. The molecule has 0 fully saturated rings. The highest BCUT2D eigenvalue weighted by Crippen LogP contribution is 2.19. The Hall–Kier alpha value is -1.27. The van der Waals surface area contributed by atoms with Crippen molar-refractivity contribution in [1.82, 2.24) is 5.32 Å². The van der Waals surface area contributed by atoms with Crippen LogP contribution in [0.25, 0.3) is 0 Å². The fraction of sp³-hybridized carbons (Fsp3) is 0.750. The maximum absolute atomic E-state index is 11.8. The van der Waals surface area contributed by atoms with E-state index < -0.39 is 36.4 Å². The molecule has 0 unspecified atom stereocenters. The predicted molar refractivity (Wildman–Crippen MR) is 45.1 cm³/mol. The largest absolute Gasteiger partial charge is 0.480 e. The molecule has 4 nitrogen and oxygen atoms in total. The zero-order valence-corrected chi connectivity index (χ0v) is 8.26. The average Bonchev–Trinajstić information content (AvgIpc) is 1.95. The van der Waals surface area contributed by atoms with E-state index in [9.17, 15) is 22.8 Å². The van der Waals surface area contributed by atoms with Gasteiger partial charge in [-0.1, -0.05) is 13.8 Å². The highest BCUT2D eigenvalue weighted by Gasteiger charge is 2.33.